The van der Waals surface area contributed by atoms with Gasteiger partial charge in [0.1, 0.15) is 0 Å². The molecule has 1 aliphatic rings. The van der Waals surface area contributed by atoms with Crippen molar-refractivity contribution in [3.8, 4) is 0 Å². The van der Waals surface area contributed by atoms with Gasteiger partial charge in [-0.3, -0.25) is 4.79 Å². The second-order valence-corrected chi connectivity index (χ2v) is 6.89. The lowest BCUT2D eigenvalue weighted by atomic mass is 10.1. The normalized spacial score (nSPS) is 19.6. The summed E-state index contributed by atoms with van der Waals surface area (Å²) in [5.74, 6) is -0.469. The summed E-state index contributed by atoms with van der Waals surface area (Å²) in [5.41, 5.74) is 8.34. The van der Waals surface area contributed by atoms with Crippen LogP contribution in [0.1, 0.15) is 17.5 Å². The van der Waals surface area contributed by atoms with E-state index in [0.717, 1.165) is 16.8 Å². The van der Waals surface area contributed by atoms with Crippen molar-refractivity contribution in [3.63, 3.8) is 0 Å². The molecular weight excluding hydrogens is 278 g/mol. The maximum absolute atomic E-state index is 12.0. The summed E-state index contributed by atoms with van der Waals surface area (Å²) in [6, 6.07) is 5.67. The van der Waals surface area contributed by atoms with Crippen LogP contribution >= 0.6 is 0 Å². The van der Waals surface area contributed by atoms with E-state index >= 15 is 0 Å². The zero-order chi connectivity index (χ0) is 14.9. The monoisotopic (exact) mass is 297 g/mol. The minimum atomic E-state index is -3.55. The molecule has 1 atom stereocenters. The zero-order valence-corrected chi connectivity index (χ0v) is 12.2. The van der Waals surface area contributed by atoms with Crippen molar-refractivity contribution < 1.29 is 13.2 Å². The topological polar surface area (TPSA) is 106 Å². The first-order valence-corrected chi connectivity index (χ1v) is 8.12. The molecule has 0 radical (unpaired) electrons. The smallest absolute Gasteiger partial charge is 0.227 e. The van der Waals surface area contributed by atoms with Crippen molar-refractivity contribution in [2.45, 2.75) is 19.9 Å². The molecule has 20 heavy (non-hydrogen) atoms. The molecule has 7 heteroatoms. The number of hydrogen-bond acceptors (Lipinski definition) is 4. The number of sulfonamides is 1. The van der Waals surface area contributed by atoms with Crippen molar-refractivity contribution >= 4 is 21.6 Å². The molecule has 0 aromatic heterocycles. The average molecular weight is 297 g/mol. The molecule has 110 valence electrons. The largest absolute Gasteiger partial charge is 0.326 e. The molecule has 0 spiro atoms. The number of primary sulfonamides is 1. The van der Waals surface area contributed by atoms with E-state index in [1.54, 1.807) is 4.90 Å². The Labute approximate surface area is 118 Å². The van der Waals surface area contributed by atoms with Gasteiger partial charge in [-0.05, 0) is 24.1 Å². The predicted octanol–water partition coefficient (Wildman–Crippen LogP) is 0.0951. The van der Waals surface area contributed by atoms with Gasteiger partial charge in [0.25, 0.3) is 0 Å². The molecule has 1 aromatic carbocycles. The number of nitrogens with two attached hydrogens (primary N) is 2. The first-order valence-electron chi connectivity index (χ1n) is 6.40. The van der Waals surface area contributed by atoms with Crippen LogP contribution in [0.2, 0.25) is 0 Å². The highest BCUT2D eigenvalue weighted by atomic mass is 32.2. The summed E-state index contributed by atoms with van der Waals surface area (Å²) in [4.78, 5) is 13.7. The highest BCUT2D eigenvalue weighted by Crippen LogP contribution is 2.28. The Morgan fingerprint density at radius 1 is 1.40 bits per heavy atom. The Balaban J connectivity index is 2.20. The SMILES string of the molecule is Cc1cc(CN)ccc1N1CC(CS(N)(=O)=O)CC1=O. The summed E-state index contributed by atoms with van der Waals surface area (Å²) >= 11 is 0. The molecule has 1 amide bonds. The number of carbonyl (C=O) groups is 1. The number of aryl methyl sites for hydroxylation is 1. The third-order valence-corrected chi connectivity index (χ3v) is 4.40. The first-order chi connectivity index (χ1) is 9.30. The highest BCUT2D eigenvalue weighted by molar-refractivity contribution is 7.89. The lowest BCUT2D eigenvalue weighted by molar-refractivity contribution is -0.117. The van der Waals surface area contributed by atoms with Crippen molar-refractivity contribution in [2.24, 2.45) is 16.8 Å². The van der Waals surface area contributed by atoms with Gasteiger partial charge >= 0.3 is 0 Å². The van der Waals surface area contributed by atoms with Gasteiger partial charge < -0.3 is 10.6 Å². The van der Waals surface area contributed by atoms with Crippen LogP contribution in [0.15, 0.2) is 18.2 Å². The third-order valence-electron chi connectivity index (χ3n) is 3.46. The summed E-state index contributed by atoms with van der Waals surface area (Å²) in [5, 5.41) is 5.04. The van der Waals surface area contributed by atoms with Crippen LogP contribution in [0.3, 0.4) is 0 Å². The van der Waals surface area contributed by atoms with Crippen molar-refractivity contribution in [2.75, 3.05) is 17.2 Å². The number of amides is 1. The average Bonchev–Trinajstić information content (AvgIpc) is 2.67. The van der Waals surface area contributed by atoms with E-state index in [-0.39, 0.29) is 24.0 Å². The molecule has 1 fully saturated rings. The molecule has 1 saturated heterocycles. The second-order valence-electron chi connectivity index (χ2n) is 5.23. The molecule has 1 unspecified atom stereocenters. The van der Waals surface area contributed by atoms with Crippen LogP contribution in [0.5, 0.6) is 0 Å². The quantitative estimate of drug-likeness (QED) is 0.821. The summed E-state index contributed by atoms with van der Waals surface area (Å²) < 4.78 is 22.2. The van der Waals surface area contributed by atoms with Crippen molar-refractivity contribution in [1.29, 1.82) is 0 Å². The van der Waals surface area contributed by atoms with Crippen LogP contribution in [-0.4, -0.2) is 26.6 Å². The maximum Gasteiger partial charge on any atom is 0.227 e. The lowest BCUT2D eigenvalue weighted by Crippen LogP contribution is -2.28. The van der Waals surface area contributed by atoms with E-state index in [2.05, 4.69) is 0 Å². The van der Waals surface area contributed by atoms with Crippen LogP contribution in [0.25, 0.3) is 0 Å². The molecular formula is C13H19N3O3S. The molecule has 6 nitrogen and oxygen atoms in total. The fourth-order valence-electron chi connectivity index (χ4n) is 2.60. The van der Waals surface area contributed by atoms with Crippen molar-refractivity contribution in [3.05, 3.63) is 29.3 Å². The number of carbonyl (C=O) groups excluding carboxylic acids is 1. The second kappa shape index (κ2) is 5.51. The van der Waals surface area contributed by atoms with Gasteiger partial charge in [-0.15, -0.1) is 0 Å². The van der Waals surface area contributed by atoms with Crippen LogP contribution in [0.4, 0.5) is 5.69 Å². The molecule has 0 aliphatic carbocycles. The Kier molecular flexibility index (Phi) is 4.12. The summed E-state index contributed by atoms with van der Waals surface area (Å²) in [7, 11) is -3.55. The minimum Gasteiger partial charge on any atom is -0.326 e. The van der Waals surface area contributed by atoms with Crippen LogP contribution in [-0.2, 0) is 21.4 Å². The van der Waals surface area contributed by atoms with Crippen LogP contribution < -0.4 is 15.8 Å². The lowest BCUT2D eigenvalue weighted by Gasteiger charge is -2.19. The fraction of sp³-hybridized carbons (Fsp3) is 0.462. The molecule has 1 aromatic rings. The molecule has 4 N–H and O–H groups in total. The standard InChI is InChI=1S/C13H19N3O3S/c1-9-4-10(6-14)2-3-12(9)16-7-11(5-13(16)17)8-20(15,18)19/h2-4,11H,5-8,14H2,1H3,(H2,15,18,19). The highest BCUT2D eigenvalue weighted by Gasteiger charge is 2.33. The molecule has 0 bridgehead atoms. The van der Waals surface area contributed by atoms with E-state index in [0.29, 0.717) is 13.1 Å². The fourth-order valence-corrected chi connectivity index (χ4v) is 3.48. The van der Waals surface area contributed by atoms with Gasteiger partial charge in [0, 0.05) is 31.1 Å². The van der Waals surface area contributed by atoms with E-state index in [1.165, 1.54) is 0 Å². The third kappa shape index (κ3) is 3.36. The Morgan fingerprint density at radius 2 is 2.10 bits per heavy atom. The summed E-state index contributed by atoms with van der Waals surface area (Å²) in [6.45, 7) is 2.75. The van der Waals surface area contributed by atoms with Crippen molar-refractivity contribution in [1.82, 2.24) is 0 Å². The predicted molar refractivity (Wildman–Crippen MR) is 77.5 cm³/mol. The first kappa shape index (κ1) is 15.0. The molecule has 1 heterocycles. The maximum atomic E-state index is 12.0. The van der Waals surface area contributed by atoms with E-state index in [4.69, 9.17) is 10.9 Å². The van der Waals surface area contributed by atoms with Gasteiger partial charge in [-0.2, -0.15) is 0 Å². The van der Waals surface area contributed by atoms with Gasteiger partial charge in [0.05, 0.1) is 5.75 Å². The number of rotatable bonds is 4. The van der Waals surface area contributed by atoms with E-state index in [9.17, 15) is 13.2 Å². The van der Waals surface area contributed by atoms with E-state index in [1.807, 2.05) is 25.1 Å². The minimum absolute atomic E-state index is 0.0674. The summed E-state index contributed by atoms with van der Waals surface area (Å²) in [6.07, 6.45) is 0.217. The van der Waals surface area contributed by atoms with Crippen LogP contribution in [0, 0.1) is 12.8 Å². The van der Waals surface area contributed by atoms with Gasteiger partial charge in [-0.25, -0.2) is 13.6 Å². The molecule has 2 rings (SSSR count). The van der Waals surface area contributed by atoms with Gasteiger partial charge in [0.2, 0.25) is 15.9 Å². The Bertz CT molecular complexity index is 628. The number of hydrogen-bond donors (Lipinski definition) is 2. The van der Waals surface area contributed by atoms with Gasteiger partial charge in [-0.1, -0.05) is 12.1 Å². The van der Waals surface area contributed by atoms with Gasteiger partial charge in [0.15, 0.2) is 0 Å². The number of benzene rings is 1. The Hall–Kier alpha value is -1.44. The number of anilines is 1. The Morgan fingerprint density at radius 3 is 2.65 bits per heavy atom. The zero-order valence-electron chi connectivity index (χ0n) is 11.4. The molecule has 0 saturated carbocycles. The number of nitrogens with zero attached hydrogens (tertiary/aromatic N) is 1. The molecule has 1 aliphatic heterocycles. The van der Waals surface area contributed by atoms with E-state index < -0.39 is 10.0 Å².